The molecule has 0 bridgehead atoms. The highest BCUT2D eigenvalue weighted by atomic mass is 32.2. The molecule has 0 unspecified atom stereocenters. The Morgan fingerprint density at radius 3 is 2.14 bits per heavy atom. The highest BCUT2D eigenvalue weighted by Gasteiger charge is 2.32. The molecule has 230 valence electrons. The fourth-order valence-electron chi connectivity index (χ4n) is 3.78. The van der Waals surface area contributed by atoms with Crippen LogP contribution in [0.1, 0.15) is 20.8 Å². The Morgan fingerprint density at radius 1 is 0.841 bits per heavy atom. The molecule has 2 amide bonds. The molecule has 0 fully saturated rings. The molecule has 0 saturated heterocycles. The Hall–Kier alpha value is -4.28. The molecule has 3 aromatic carbocycles. The second-order valence-corrected chi connectivity index (χ2v) is 11.7. The van der Waals surface area contributed by atoms with Crippen molar-refractivity contribution in [2.24, 2.45) is 5.73 Å². The Bertz CT molecular complexity index is 1700. The van der Waals surface area contributed by atoms with Crippen LogP contribution in [-0.2, 0) is 0 Å². The minimum Gasteiger partial charge on any atom is -0.497 e. The number of nitrogens with one attached hydrogen (secondary N) is 1. The molecule has 0 aliphatic carbocycles. The first kappa shape index (κ1) is 32.6. The van der Waals surface area contributed by atoms with Gasteiger partial charge in [0.05, 0.1) is 7.11 Å². The summed E-state index contributed by atoms with van der Waals surface area (Å²) in [5.74, 6) is -4.08. The lowest BCUT2D eigenvalue weighted by atomic mass is 10.0. The van der Waals surface area contributed by atoms with E-state index in [1.807, 2.05) is 0 Å². The van der Waals surface area contributed by atoms with Crippen LogP contribution in [0, 0.1) is 5.82 Å². The minimum atomic E-state index is -5.03. The number of alkyl halides is 3. The maximum Gasteiger partial charge on any atom is 0.573 e. The lowest BCUT2D eigenvalue weighted by Crippen LogP contribution is -2.18. The average molecular weight is 668 g/mol. The van der Waals surface area contributed by atoms with Gasteiger partial charge < -0.3 is 30.0 Å². The topological polar surface area (TPSA) is 122 Å². The van der Waals surface area contributed by atoms with E-state index in [1.165, 1.54) is 31.5 Å². The van der Waals surface area contributed by atoms with Crippen LogP contribution in [0.2, 0.25) is 0 Å². The summed E-state index contributed by atoms with van der Waals surface area (Å²) in [6.45, 7) is 0. The first-order chi connectivity index (χ1) is 20.6. The Balaban J connectivity index is 1.82. The van der Waals surface area contributed by atoms with E-state index in [2.05, 4.69) is 52.9 Å². The Kier molecular flexibility index (Phi) is 9.75. The van der Waals surface area contributed by atoms with Crippen molar-refractivity contribution in [2.75, 3.05) is 12.4 Å². The maximum atomic E-state index is 15.8. The van der Waals surface area contributed by atoms with Crippen LogP contribution in [0.5, 0.6) is 28.7 Å². The molecule has 0 saturated carbocycles. The minimum absolute atomic E-state index is 0.0612. The average Bonchev–Trinajstić information content (AvgIpc) is 2.92. The molecule has 0 radical (unpaired) electrons. The molecule has 44 heavy (non-hydrogen) atoms. The largest absolute Gasteiger partial charge is 0.573 e. The summed E-state index contributed by atoms with van der Waals surface area (Å²) in [5.41, 5.74) is 5.32. The van der Waals surface area contributed by atoms with Gasteiger partial charge in [0, 0.05) is 18.0 Å². The van der Waals surface area contributed by atoms with E-state index >= 15 is 4.39 Å². The van der Waals surface area contributed by atoms with Gasteiger partial charge in [-0.25, -0.2) is 4.39 Å². The summed E-state index contributed by atoms with van der Waals surface area (Å²) < 4.78 is 73.0. The summed E-state index contributed by atoms with van der Waals surface area (Å²) in [6.07, 6.45) is -3.81. The number of rotatable bonds is 10. The lowest BCUT2D eigenvalue weighted by Gasteiger charge is -2.22. The van der Waals surface area contributed by atoms with Gasteiger partial charge in [0.25, 0.3) is 11.8 Å². The predicted octanol–water partition coefficient (Wildman–Crippen LogP) is 6.72. The Morgan fingerprint density at radius 2 is 1.52 bits per heavy atom. The third-order valence-corrected chi connectivity index (χ3v) is 5.86. The molecule has 0 spiro atoms. The number of aromatic nitrogens is 1. The zero-order valence-corrected chi connectivity index (χ0v) is 24.9. The number of carbonyl (C=O) groups excluding carboxylic acids is 2. The van der Waals surface area contributed by atoms with Gasteiger partial charge in [-0.15, -0.1) is 51.1 Å². The third kappa shape index (κ3) is 8.64. The SMILES string of the molecule is COc1ccc(-c2cc(F)c(C(=O)Nc3ccnc(C(N)=O)c3)c(Oc3ccc(OC(F)(F)F)cc3OC(S)(S)S)c2)cc1. The number of nitrogens with two attached hydrogens (primary N) is 1. The van der Waals surface area contributed by atoms with Crippen LogP contribution in [0.25, 0.3) is 11.1 Å². The molecule has 0 aliphatic rings. The highest BCUT2D eigenvalue weighted by molar-refractivity contribution is 8.16. The maximum absolute atomic E-state index is 15.8. The van der Waals surface area contributed by atoms with Gasteiger partial charge in [-0.2, -0.15) is 0 Å². The van der Waals surface area contributed by atoms with E-state index in [0.717, 1.165) is 24.3 Å². The fraction of sp³-hybridized carbons (Fsp3) is 0.107. The number of methoxy groups -OCH3 is 1. The molecule has 1 heterocycles. The molecule has 1 aromatic heterocycles. The number of ether oxygens (including phenoxy) is 4. The van der Waals surface area contributed by atoms with Crippen molar-refractivity contribution in [3.63, 3.8) is 0 Å². The van der Waals surface area contributed by atoms with Gasteiger partial charge in [0.1, 0.15) is 34.3 Å². The van der Waals surface area contributed by atoms with Crippen molar-refractivity contribution >= 4 is 55.4 Å². The summed E-state index contributed by atoms with van der Waals surface area (Å²) in [7, 11) is 1.48. The van der Waals surface area contributed by atoms with Gasteiger partial charge in [-0.3, -0.25) is 14.6 Å². The van der Waals surface area contributed by atoms with Crippen molar-refractivity contribution in [1.29, 1.82) is 0 Å². The predicted molar refractivity (Wildman–Crippen MR) is 163 cm³/mol. The van der Waals surface area contributed by atoms with Crippen molar-refractivity contribution in [3.05, 3.63) is 90.0 Å². The number of hydrogen-bond donors (Lipinski definition) is 5. The van der Waals surface area contributed by atoms with Crippen LogP contribution < -0.4 is 30.0 Å². The third-order valence-electron chi connectivity index (χ3n) is 5.59. The number of hydrogen-bond acceptors (Lipinski definition) is 10. The molecule has 16 heteroatoms. The molecule has 0 atom stereocenters. The summed E-state index contributed by atoms with van der Waals surface area (Å²) >= 11 is 12.0. The van der Waals surface area contributed by atoms with Gasteiger partial charge >= 0.3 is 6.36 Å². The molecule has 4 aromatic rings. The van der Waals surface area contributed by atoms with Crippen molar-refractivity contribution in [2.45, 2.75) is 9.96 Å². The summed E-state index contributed by atoms with van der Waals surface area (Å²) in [6, 6.07) is 14.2. The van der Waals surface area contributed by atoms with E-state index in [4.69, 9.17) is 19.9 Å². The summed E-state index contributed by atoms with van der Waals surface area (Å²) in [4.78, 5) is 28.7. The number of pyridine rings is 1. The molecule has 4 rings (SSSR count). The number of thiol groups is 3. The highest BCUT2D eigenvalue weighted by Crippen LogP contribution is 2.42. The summed E-state index contributed by atoms with van der Waals surface area (Å²) in [5, 5.41) is 2.45. The van der Waals surface area contributed by atoms with E-state index in [1.54, 1.807) is 24.3 Å². The Labute approximate surface area is 263 Å². The van der Waals surface area contributed by atoms with Crippen molar-refractivity contribution < 1.29 is 46.1 Å². The standard InChI is InChI=1S/C28H21F4N3O6S3/c1-38-17-4-2-14(3-5-17)15-10-19(29)24(26(37)35-16-8-9-34-20(12-16)25(33)36)23(11-15)39-21-7-6-18(40-27(30,31)32)13-22(21)41-28(42,43)44/h2-13,42-44H,1H3,(H2,33,36)(H,34,35,37). The van der Waals surface area contributed by atoms with Crippen LogP contribution in [0.4, 0.5) is 23.2 Å². The first-order valence-corrected chi connectivity index (χ1v) is 13.4. The van der Waals surface area contributed by atoms with Crippen LogP contribution in [-0.4, -0.2) is 33.9 Å². The van der Waals surface area contributed by atoms with Crippen LogP contribution in [0.15, 0.2) is 72.9 Å². The van der Waals surface area contributed by atoms with Crippen LogP contribution >= 0.6 is 37.9 Å². The van der Waals surface area contributed by atoms with Gasteiger partial charge in [-0.05, 0) is 59.7 Å². The van der Waals surface area contributed by atoms with Gasteiger partial charge in [0.2, 0.25) is 3.60 Å². The van der Waals surface area contributed by atoms with Gasteiger partial charge in [0.15, 0.2) is 11.5 Å². The number of primary amides is 1. The zero-order valence-electron chi connectivity index (χ0n) is 22.3. The van der Waals surface area contributed by atoms with Crippen LogP contribution in [0.3, 0.4) is 0 Å². The zero-order chi connectivity index (χ0) is 32.2. The number of nitrogens with zero attached hydrogens (tertiary/aromatic N) is 1. The molecule has 3 N–H and O–H groups in total. The number of benzene rings is 3. The normalized spacial score (nSPS) is 11.5. The second kappa shape index (κ2) is 13.2. The number of carbonyl (C=O) groups is 2. The van der Waals surface area contributed by atoms with E-state index < -0.39 is 44.7 Å². The molecule has 0 aliphatic heterocycles. The first-order valence-electron chi connectivity index (χ1n) is 12.1. The molecule has 9 nitrogen and oxygen atoms in total. The van der Waals surface area contributed by atoms with E-state index in [0.29, 0.717) is 11.3 Å². The number of anilines is 1. The van der Waals surface area contributed by atoms with Gasteiger partial charge in [-0.1, -0.05) is 12.1 Å². The van der Waals surface area contributed by atoms with Crippen molar-refractivity contribution in [1.82, 2.24) is 4.98 Å². The number of halogens is 4. The van der Waals surface area contributed by atoms with E-state index in [-0.39, 0.29) is 28.4 Å². The number of amides is 2. The second-order valence-electron chi connectivity index (χ2n) is 8.74. The molecular formula is C28H21F4N3O6S3. The quantitative estimate of drug-likeness (QED) is 0.0724. The smallest absolute Gasteiger partial charge is 0.497 e. The monoisotopic (exact) mass is 667 g/mol. The van der Waals surface area contributed by atoms with Crippen molar-refractivity contribution in [3.8, 4) is 39.9 Å². The fourth-order valence-corrected chi connectivity index (χ4v) is 4.08. The lowest BCUT2D eigenvalue weighted by molar-refractivity contribution is -0.274. The molecular weight excluding hydrogens is 647 g/mol. The van der Waals surface area contributed by atoms with E-state index in [9.17, 15) is 22.8 Å².